The van der Waals surface area contributed by atoms with Crippen LogP contribution in [0.15, 0.2) is 18.5 Å². The lowest BCUT2D eigenvalue weighted by Gasteiger charge is -2.23. The summed E-state index contributed by atoms with van der Waals surface area (Å²) >= 11 is 7.32. The summed E-state index contributed by atoms with van der Waals surface area (Å²) in [5.41, 5.74) is 0.0192. The molecule has 2 aliphatic rings. The molecule has 1 amide bonds. The highest BCUT2D eigenvalue weighted by atomic mass is 35.5. The number of aliphatic hydroxyl groups excluding tert-OH is 2. The molecule has 160 valence electrons. The fraction of sp³-hybridized carbons (Fsp3) is 0.400. The highest BCUT2D eigenvalue weighted by Crippen LogP contribution is 2.67. The van der Waals surface area contributed by atoms with E-state index in [-0.39, 0.29) is 17.6 Å². The molecule has 2 unspecified atom stereocenters. The van der Waals surface area contributed by atoms with Crippen LogP contribution in [0.2, 0.25) is 4.34 Å². The maximum absolute atomic E-state index is 12.4. The summed E-state index contributed by atoms with van der Waals surface area (Å²) in [6.45, 7) is 0. The van der Waals surface area contributed by atoms with E-state index in [1.165, 1.54) is 18.4 Å². The molecule has 0 saturated heterocycles. The SMILES string of the molecule is CNC(=O)[C@@]12C[C@@H]1[C@@H](n1cnc3c(NC)nc(C#Cc4ccc(Cl)s4)nc31)C(O)C2O. The molecule has 3 aromatic heterocycles. The Hall–Kier alpha value is -2.71. The standard InChI is InChI=1S/C20H19ClN6O3S/c1-22-17-13-18(26-12(25-17)6-4-9-3-5-11(21)31-9)27(8-24-13)14-10-7-20(10,19(30)23-2)16(29)15(14)28/h3,5,8,10,14-16,28-29H,7H2,1-2H3,(H,23,30)(H,22,25,26)/t10-,14-,15?,16?,20+/m1/s1. The number of amides is 1. The maximum atomic E-state index is 12.4. The fourth-order valence-electron chi connectivity index (χ4n) is 4.65. The van der Waals surface area contributed by atoms with Crippen LogP contribution in [-0.4, -0.2) is 61.9 Å². The van der Waals surface area contributed by atoms with Crippen molar-refractivity contribution in [2.24, 2.45) is 11.3 Å². The van der Waals surface area contributed by atoms with E-state index in [9.17, 15) is 15.0 Å². The second-order valence-electron chi connectivity index (χ2n) is 7.68. The van der Waals surface area contributed by atoms with E-state index in [4.69, 9.17) is 11.6 Å². The number of halogens is 1. The molecule has 2 saturated carbocycles. The predicted molar refractivity (Wildman–Crippen MR) is 116 cm³/mol. The monoisotopic (exact) mass is 458 g/mol. The second-order valence-corrected chi connectivity index (χ2v) is 9.39. The average molecular weight is 459 g/mol. The lowest BCUT2D eigenvalue weighted by Crippen LogP contribution is -2.41. The summed E-state index contributed by atoms with van der Waals surface area (Å²) in [5.74, 6) is 6.25. The zero-order valence-corrected chi connectivity index (χ0v) is 18.2. The Kier molecular flexibility index (Phi) is 4.67. The van der Waals surface area contributed by atoms with Gasteiger partial charge in [0.05, 0.1) is 33.1 Å². The maximum Gasteiger partial charge on any atom is 0.229 e. The van der Waals surface area contributed by atoms with Gasteiger partial charge in [0.25, 0.3) is 0 Å². The average Bonchev–Trinajstić information content (AvgIpc) is 3.02. The van der Waals surface area contributed by atoms with Crippen LogP contribution < -0.4 is 10.6 Å². The Morgan fingerprint density at radius 1 is 1.32 bits per heavy atom. The van der Waals surface area contributed by atoms with E-state index in [1.54, 1.807) is 24.0 Å². The van der Waals surface area contributed by atoms with Crippen LogP contribution in [0.5, 0.6) is 0 Å². The molecule has 0 bridgehead atoms. The van der Waals surface area contributed by atoms with Gasteiger partial charge in [-0.1, -0.05) is 11.6 Å². The van der Waals surface area contributed by atoms with Gasteiger partial charge in [-0.2, -0.15) is 0 Å². The number of aromatic nitrogens is 4. The summed E-state index contributed by atoms with van der Waals surface area (Å²) in [4.78, 5) is 26.6. The third kappa shape index (κ3) is 2.92. The zero-order chi connectivity index (χ0) is 21.9. The molecular weight excluding hydrogens is 440 g/mol. The molecule has 5 atom stereocenters. The van der Waals surface area contributed by atoms with Crippen LogP contribution in [0.4, 0.5) is 5.82 Å². The molecule has 2 fully saturated rings. The smallest absolute Gasteiger partial charge is 0.229 e. The Balaban J connectivity index is 1.58. The summed E-state index contributed by atoms with van der Waals surface area (Å²) < 4.78 is 2.37. The number of aliphatic hydroxyl groups is 2. The van der Waals surface area contributed by atoms with Gasteiger partial charge < -0.3 is 25.4 Å². The minimum atomic E-state index is -1.16. The molecule has 11 heteroatoms. The summed E-state index contributed by atoms with van der Waals surface area (Å²) in [5, 5.41) is 27.0. The number of fused-ring (bicyclic) bond motifs is 2. The van der Waals surface area contributed by atoms with Crippen molar-refractivity contribution in [1.29, 1.82) is 0 Å². The lowest BCUT2D eigenvalue weighted by atomic mass is 9.98. The van der Waals surface area contributed by atoms with Crippen molar-refractivity contribution in [2.75, 3.05) is 19.4 Å². The number of carbonyl (C=O) groups excluding carboxylic acids is 1. The number of hydrogen-bond donors (Lipinski definition) is 4. The van der Waals surface area contributed by atoms with Crippen molar-refractivity contribution in [3.05, 3.63) is 33.5 Å². The zero-order valence-electron chi connectivity index (χ0n) is 16.6. The minimum absolute atomic E-state index is 0.217. The van der Waals surface area contributed by atoms with Gasteiger partial charge in [-0.15, -0.1) is 11.3 Å². The van der Waals surface area contributed by atoms with E-state index >= 15 is 0 Å². The van der Waals surface area contributed by atoms with E-state index in [0.717, 1.165) is 4.88 Å². The first-order valence-corrected chi connectivity index (χ1v) is 10.9. The van der Waals surface area contributed by atoms with Gasteiger partial charge in [0.15, 0.2) is 17.0 Å². The number of nitrogens with one attached hydrogen (secondary N) is 2. The molecule has 4 N–H and O–H groups in total. The Labute approximate surface area is 186 Å². The second kappa shape index (κ2) is 7.17. The topological polar surface area (TPSA) is 125 Å². The lowest BCUT2D eigenvalue weighted by molar-refractivity contribution is -0.132. The number of hydrogen-bond acceptors (Lipinski definition) is 8. The van der Waals surface area contributed by atoms with Gasteiger partial charge in [0.2, 0.25) is 11.7 Å². The van der Waals surface area contributed by atoms with Crippen LogP contribution in [0.25, 0.3) is 11.2 Å². The first-order chi connectivity index (χ1) is 14.9. The van der Waals surface area contributed by atoms with Crippen LogP contribution in [-0.2, 0) is 4.79 Å². The molecule has 2 aliphatic carbocycles. The number of nitrogens with zero attached hydrogens (tertiary/aromatic N) is 4. The Morgan fingerprint density at radius 2 is 2.13 bits per heavy atom. The van der Waals surface area contributed by atoms with Gasteiger partial charge >= 0.3 is 0 Å². The fourth-order valence-corrected chi connectivity index (χ4v) is 5.55. The number of anilines is 1. The van der Waals surface area contributed by atoms with Crippen LogP contribution in [0, 0.1) is 23.2 Å². The third-order valence-corrected chi connectivity index (χ3v) is 7.32. The molecular formula is C20H19ClN6O3S. The molecule has 31 heavy (non-hydrogen) atoms. The van der Waals surface area contributed by atoms with Gasteiger partial charge in [-0.3, -0.25) is 4.79 Å². The van der Waals surface area contributed by atoms with Crippen molar-refractivity contribution in [3.63, 3.8) is 0 Å². The van der Waals surface area contributed by atoms with E-state index in [1.807, 2.05) is 6.07 Å². The van der Waals surface area contributed by atoms with Gasteiger partial charge in [0, 0.05) is 20.0 Å². The van der Waals surface area contributed by atoms with E-state index < -0.39 is 23.7 Å². The number of rotatable bonds is 3. The number of thiophene rings is 1. The normalized spacial score (nSPS) is 28.7. The minimum Gasteiger partial charge on any atom is -0.389 e. The third-order valence-electron chi connectivity index (χ3n) is 6.17. The van der Waals surface area contributed by atoms with Gasteiger partial charge in [0.1, 0.15) is 6.10 Å². The van der Waals surface area contributed by atoms with Crippen LogP contribution in [0.3, 0.4) is 0 Å². The van der Waals surface area contributed by atoms with Crippen molar-refractivity contribution in [3.8, 4) is 11.8 Å². The summed E-state index contributed by atoms with van der Waals surface area (Å²) in [6, 6.07) is 3.06. The first kappa shape index (κ1) is 20.2. The Bertz CT molecular complexity index is 1260. The molecule has 3 heterocycles. The van der Waals surface area contributed by atoms with Crippen LogP contribution >= 0.6 is 22.9 Å². The summed E-state index contributed by atoms with van der Waals surface area (Å²) in [7, 11) is 3.26. The highest BCUT2D eigenvalue weighted by Gasteiger charge is 2.75. The molecule has 9 nitrogen and oxygen atoms in total. The number of carbonyl (C=O) groups is 1. The largest absolute Gasteiger partial charge is 0.389 e. The predicted octanol–water partition coefficient (Wildman–Crippen LogP) is 1.01. The molecule has 0 aromatic carbocycles. The van der Waals surface area contributed by atoms with Crippen molar-refractivity contribution >= 4 is 45.8 Å². The van der Waals surface area contributed by atoms with Crippen molar-refractivity contribution < 1.29 is 15.0 Å². The van der Waals surface area contributed by atoms with Crippen molar-refractivity contribution in [2.45, 2.75) is 24.7 Å². The molecule has 0 radical (unpaired) electrons. The molecule has 5 rings (SSSR count). The number of imidazole rings is 1. The van der Waals surface area contributed by atoms with Gasteiger partial charge in [-0.05, 0) is 30.4 Å². The van der Waals surface area contributed by atoms with Crippen molar-refractivity contribution in [1.82, 2.24) is 24.8 Å². The molecule has 0 spiro atoms. The molecule has 3 aromatic rings. The Morgan fingerprint density at radius 3 is 2.81 bits per heavy atom. The molecule has 0 aliphatic heterocycles. The highest BCUT2D eigenvalue weighted by molar-refractivity contribution is 7.16. The van der Waals surface area contributed by atoms with Gasteiger partial charge in [-0.25, -0.2) is 15.0 Å². The van der Waals surface area contributed by atoms with Crippen LogP contribution in [0.1, 0.15) is 23.2 Å². The first-order valence-electron chi connectivity index (χ1n) is 9.68. The summed E-state index contributed by atoms with van der Waals surface area (Å²) in [6.07, 6.45) is -0.224. The van der Waals surface area contributed by atoms with E-state index in [0.29, 0.717) is 27.7 Å². The quantitative estimate of drug-likeness (QED) is 0.432. The van der Waals surface area contributed by atoms with E-state index in [2.05, 4.69) is 37.4 Å².